The quantitative estimate of drug-likeness (QED) is 0.847. The van der Waals surface area contributed by atoms with Crippen molar-refractivity contribution in [2.24, 2.45) is 12.8 Å². The monoisotopic (exact) mass is 267 g/mol. The van der Waals surface area contributed by atoms with Crippen molar-refractivity contribution in [1.29, 1.82) is 0 Å². The second-order valence-corrected chi connectivity index (χ2v) is 6.01. The molecule has 0 amide bonds. The molecule has 2 heterocycles. The van der Waals surface area contributed by atoms with Crippen LogP contribution in [0, 0.1) is 0 Å². The standard InChI is InChI=1S/C12H17N3S2/c1-3-11(13)12(9-4-5-16-8-9)17-10-6-14-15(2)7-10/h4-8,11-12H,3,13H2,1-2H3. The minimum Gasteiger partial charge on any atom is -0.326 e. The molecule has 0 aliphatic rings. The van der Waals surface area contributed by atoms with Gasteiger partial charge in [-0.05, 0) is 28.8 Å². The number of hydrogen-bond acceptors (Lipinski definition) is 4. The van der Waals surface area contributed by atoms with E-state index in [1.165, 1.54) is 10.5 Å². The van der Waals surface area contributed by atoms with Crippen molar-refractivity contribution in [1.82, 2.24) is 9.78 Å². The largest absolute Gasteiger partial charge is 0.326 e. The van der Waals surface area contributed by atoms with E-state index in [1.807, 2.05) is 24.1 Å². The van der Waals surface area contributed by atoms with Gasteiger partial charge in [-0.3, -0.25) is 4.68 Å². The molecule has 0 aromatic carbocycles. The summed E-state index contributed by atoms with van der Waals surface area (Å²) in [5, 5.41) is 8.80. The van der Waals surface area contributed by atoms with Gasteiger partial charge in [0, 0.05) is 24.2 Å². The first kappa shape index (κ1) is 12.7. The van der Waals surface area contributed by atoms with Gasteiger partial charge in [-0.15, -0.1) is 11.8 Å². The molecule has 0 radical (unpaired) electrons. The molecule has 5 heteroatoms. The molecule has 0 aliphatic carbocycles. The topological polar surface area (TPSA) is 43.8 Å². The minimum absolute atomic E-state index is 0.176. The lowest BCUT2D eigenvalue weighted by atomic mass is 10.1. The Morgan fingerprint density at radius 3 is 2.94 bits per heavy atom. The van der Waals surface area contributed by atoms with Crippen LogP contribution in [-0.2, 0) is 7.05 Å². The summed E-state index contributed by atoms with van der Waals surface area (Å²) in [4.78, 5) is 1.17. The Kier molecular flexibility index (Phi) is 4.25. The van der Waals surface area contributed by atoms with Crippen LogP contribution in [0.3, 0.4) is 0 Å². The van der Waals surface area contributed by atoms with E-state index in [0.717, 1.165) is 6.42 Å². The Bertz CT molecular complexity index is 450. The fourth-order valence-corrected chi connectivity index (χ4v) is 3.71. The lowest BCUT2D eigenvalue weighted by molar-refractivity contribution is 0.635. The van der Waals surface area contributed by atoms with Crippen molar-refractivity contribution >= 4 is 23.1 Å². The van der Waals surface area contributed by atoms with Crippen molar-refractivity contribution in [3.05, 3.63) is 34.8 Å². The van der Waals surface area contributed by atoms with Gasteiger partial charge in [0.2, 0.25) is 0 Å². The van der Waals surface area contributed by atoms with Crippen molar-refractivity contribution in [3.63, 3.8) is 0 Å². The highest BCUT2D eigenvalue weighted by atomic mass is 32.2. The third-order valence-electron chi connectivity index (χ3n) is 2.68. The number of thiophene rings is 1. The maximum atomic E-state index is 6.22. The first-order valence-electron chi connectivity index (χ1n) is 5.63. The van der Waals surface area contributed by atoms with E-state index in [-0.39, 0.29) is 6.04 Å². The Hall–Kier alpha value is -0.780. The normalized spacial score (nSPS) is 14.8. The summed E-state index contributed by atoms with van der Waals surface area (Å²) in [7, 11) is 1.93. The summed E-state index contributed by atoms with van der Waals surface area (Å²) in [5.74, 6) is 0. The van der Waals surface area contributed by atoms with Crippen LogP contribution in [0.15, 0.2) is 34.1 Å². The molecule has 2 aromatic rings. The van der Waals surface area contributed by atoms with Gasteiger partial charge in [0.05, 0.1) is 11.4 Å². The molecule has 0 saturated carbocycles. The molecule has 17 heavy (non-hydrogen) atoms. The number of nitrogens with two attached hydrogens (primary N) is 1. The van der Waals surface area contributed by atoms with Crippen LogP contribution in [0.4, 0.5) is 0 Å². The average molecular weight is 267 g/mol. The summed E-state index contributed by atoms with van der Waals surface area (Å²) in [6.07, 6.45) is 4.91. The van der Waals surface area contributed by atoms with Gasteiger partial charge in [-0.1, -0.05) is 6.92 Å². The van der Waals surface area contributed by atoms with E-state index < -0.39 is 0 Å². The third kappa shape index (κ3) is 3.12. The second-order valence-electron chi connectivity index (χ2n) is 4.02. The summed E-state index contributed by atoms with van der Waals surface area (Å²) in [6.45, 7) is 2.13. The zero-order chi connectivity index (χ0) is 12.3. The minimum atomic E-state index is 0.176. The molecule has 2 atom stereocenters. The van der Waals surface area contributed by atoms with Gasteiger partial charge >= 0.3 is 0 Å². The third-order valence-corrected chi connectivity index (χ3v) is 4.74. The number of hydrogen-bond donors (Lipinski definition) is 1. The maximum Gasteiger partial charge on any atom is 0.0626 e. The fourth-order valence-electron chi connectivity index (χ4n) is 1.66. The van der Waals surface area contributed by atoms with Crippen LogP contribution in [0.25, 0.3) is 0 Å². The van der Waals surface area contributed by atoms with Crippen LogP contribution in [0.5, 0.6) is 0 Å². The molecule has 0 bridgehead atoms. The van der Waals surface area contributed by atoms with E-state index in [0.29, 0.717) is 5.25 Å². The Balaban J connectivity index is 2.17. The van der Waals surface area contributed by atoms with E-state index in [2.05, 4.69) is 28.8 Å². The molecule has 2 aromatic heterocycles. The van der Waals surface area contributed by atoms with E-state index in [9.17, 15) is 0 Å². The van der Waals surface area contributed by atoms with Gasteiger partial charge in [0.15, 0.2) is 0 Å². The predicted octanol–water partition coefficient (Wildman–Crippen LogP) is 3.05. The van der Waals surface area contributed by atoms with Crippen LogP contribution >= 0.6 is 23.1 Å². The van der Waals surface area contributed by atoms with Crippen molar-refractivity contribution < 1.29 is 0 Å². The molecule has 2 unspecified atom stereocenters. The van der Waals surface area contributed by atoms with Crippen molar-refractivity contribution in [2.75, 3.05) is 0 Å². The lowest BCUT2D eigenvalue weighted by Crippen LogP contribution is -2.25. The van der Waals surface area contributed by atoms with Crippen molar-refractivity contribution in [3.8, 4) is 0 Å². The molecule has 0 fully saturated rings. The number of rotatable bonds is 5. The van der Waals surface area contributed by atoms with Gasteiger partial charge < -0.3 is 5.73 Å². The van der Waals surface area contributed by atoms with Gasteiger partial charge in [-0.25, -0.2) is 0 Å². The van der Waals surface area contributed by atoms with Crippen LogP contribution < -0.4 is 5.73 Å². The summed E-state index contributed by atoms with van der Waals surface area (Å²) < 4.78 is 1.82. The Morgan fingerprint density at radius 2 is 2.41 bits per heavy atom. The zero-order valence-electron chi connectivity index (χ0n) is 10.0. The smallest absolute Gasteiger partial charge is 0.0626 e. The molecular weight excluding hydrogens is 250 g/mol. The van der Waals surface area contributed by atoms with Gasteiger partial charge in [0.25, 0.3) is 0 Å². The maximum absolute atomic E-state index is 6.22. The molecule has 0 saturated heterocycles. The molecule has 0 spiro atoms. The second kappa shape index (κ2) is 5.71. The summed E-state index contributed by atoms with van der Waals surface area (Å²) in [5.41, 5.74) is 7.54. The molecule has 3 nitrogen and oxygen atoms in total. The average Bonchev–Trinajstić information content (AvgIpc) is 2.96. The first-order valence-corrected chi connectivity index (χ1v) is 7.46. The molecular formula is C12H17N3S2. The molecule has 2 rings (SSSR count). The fraction of sp³-hybridized carbons (Fsp3) is 0.417. The highest BCUT2D eigenvalue weighted by Crippen LogP contribution is 2.38. The van der Waals surface area contributed by atoms with Gasteiger partial charge in [0.1, 0.15) is 0 Å². The van der Waals surface area contributed by atoms with Crippen molar-refractivity contribution in [2.45, 2.75) is 29.5 Å². The molecule has 2 N–H and O–H groups in total. The molecule has 92 valence electrons. The van der Waals surface area contributed by atoms with E-state index in [1.54, 1.807) is 23.1 Å². The Morgan fingerprint density at radius 1 is 1.59 bits per heavy atom. The Labute approximate surface area is 110 Å². The number of aromatic nitrogens is 2. The zero-order valence-corrected chi connectivity index (χ0v) is 11.7. The van der Waals surface area contributed by atoms with Gasteiger partial charge in [-0.2, -0.15) is 16.4 Å². The highest BCUT2D eigenvalue weighted by Gasteiger charge is 2.20. The summed E-state index contributed by atoms with van der Waals surface area (Å²) >= 11 is 3.52. The van der Waals surface area contributed by atoms with E-state index >= 15 is 0 Å². The summed E-state index contributed by atoms with van der Waals surface area (Å²) in [6, 6.07) is 2.34. The van der Waals surface area contributed by atoms with Crippen LogP contribution in [-0.4, -0.2) is 15.8 Å². The van der Waals surface area contributed by atoms with E-state index in [4.69, 9.17) is 5.73 Å². The molecule has 0 aliphatic heterocycles. The highest BCUT2D eigenvalue weighted by molar-refractivity contribution is 7.99. The number of aryl methyl sites for hydroxylation is 1. The lowest BCUT2D eigenvalue weighted by Gasteiger charge is -2.20. The van der Waals surface area contributed by atoms with Crippen LogP contribution in [0.2, 0.25) is 0 Å². The first-order chi connectivity index (χ1) is 8.20. The number of thioether (sulfide) groups is 1. The number of nitrogens with zero attached hydrogens (tertiary/aromatic N) is 2. The SMILES string of the molecule is CCC(N)C(Sc1cnn(C)c1)c1ccsc1. The predicted molar refractivity (Wildman–Crippen MR) is 74.4 cm³/mol. The van der Waals surface area contributed by atoms with Crippen LogP contribution in [0.1, 0.15) is 24.2 Å².